The first-order chi connectivity index (χ1) is 14.6. The third-order valence-corrected chi connectivity index (χ3v) is 5.01. The Bertz CT molecular complexity index is 829. The Morgan fingerprint density at radius 1 is 1.07 bits per heavy atom. The molecule has 162 valence electrons. The standard InChI is InChI=1S/C21H23ClN2O4.CH4O/c1-27-16-8-6-15(7-9-16)20(25)23-11-14-10-17(28-13-14)12-24-21(26)18-4-2-3-5-19(18)22;1-2/h2-9,14,17H,10-13H2,1H3,(H,23,25)(H,24,26);2H,1H3. The summed E-state index contributed by atoms with van der Waals surface area (Å²) in [6, 6.07) is 13.9. The smallest absolute Gasteiger partial charge is 0.252 e. The Morgan fingerprint density at radius 3 is 2.40 bits per heavy atom. The molecular weight excluding hydrogens is 408 g/mol. The third-order valence-electron chi connectivity index (χ3n) is 4.68. The fourth-order valence-corrected chi connectivity index (χ4v) is 3.31. The van der Waals surface area contributed by atoms with E-state index in [9.17, 15) is 9.59 Å². The summed E-state index contributed by atoms with van der Waals surface area (Å²) in [5.41, 5.74) is 1.04. The second kappa shape index (κ2) is 12.2. The van der Waals surface area contributed by atoms with Gasteiger partial charge in [0.1, 0.15) is 5.75 Å². The number of halogens is 1. The third kappa shape index (κ3) is 6.73. The molecule has 0 saturated carbocycles. The summed E-state index contributed by atoms with van der Waals surface area (Å²) < 4.78 is 10.8. The van der Waals surface area contributed by atoms with Crippen molar-refractivity contribution in [3.8, 4) is 5.75 Å². The molecule has 0 aliphatic carbocycles. The van der Waals surface area contributed by atoms with Crippen LogP contribution in [0.5, 0.6) is 5.75 Å². The number of amides is 2. The van der Waals surface area contributed by atoms with Gasteiger partial charge in [-0.1, -0.05) is 23.7 Å². The topological polar surface area (TPSA) is 96.9 Å². The van der Waals surface area contributed by atoms with Crippen molar-refractivity contribution in [2.24, 2.45) is 5.92 Å². The Balaban J connectivity index is 0.00000155. The number of hydrogen-bond acceptors (Lipinski definition) is 5. The normalized spacial score (nSPS) is 17.5. The molecule has 8 heteroatoms. The number of carbonyl (C=O) groups is 2. The molecule has 30 heavy (non-hydrogen) atoms. The van der Waals surface area contributed by atoms with Crippen molar-refractivity contribution >= 4 is 23.4 Å². The maximum Gasteiger partial charge on any atom is 0.252 e. The largest absolute Gasteiger partial charge is 0.497 e. The predicted molar refractivity (Wildman–Crippen MR) is 115 cm³/mol. The van der Waals surface area contributed by atoms with E-state index in [0.717, 1.165) is 13.5 Å². The van der Waals surface area contributed by atoms with E-state index in [1.807, 2.05) is 0 Å². The summed E-state index contributed by atoms with van der Waals surface area (Å²) in [5, 5.41) is 13.2. The van der Waals surface area contributed by atoms with E-state index in [1.165, 1.54) is 0 Å². The molecule has 0 radical (unpaired) electrons. The molecule has 1 saturated heterocycles. The summed E-state index contributed by atoms with van der Waals surface area (Å²) >= 11 is 6.04. The minimum Gasteiger partial charge on any atom is -0.497 e. The number of aliphatic hydroxyl groups excluding tert-OH is 1. The summed E-state index contributed by atoms with van der Waals surface area (Å²) in [6.45, 7) is 1.49. The lowest BCUT2D eigenvalue weighted by Gasteiger charge is -2.12. The fourth-order valence-electron chi connectivity index (χ4n) is 3.09. The van der Waals surface area contributed by atoms with Gasteiger partial charge in [-0.25, -0.2) is 0 Å². The number of hydrogen-bond donors (Lipinski definition) is 3. The van der Waals surface area contributed by atoms with Crippen LogP contribution in [0.25, 0.3) is 0 Å². The average Bonchev–Trinajstić information content (AvgIpc) is 3.25. The highest BCUT2D eigenvalue weighted by Gasteiger charge is 2.26. The van der Waals surface area contributed by atoms with Crippen molar-refractivity contribution < 1.29 is 24.2 Å². The highest BCUT2D eigenvalue weighted by molar-refractivity contribution is 6.33. The molecule has 1 aliphatic rings. The molecular formula is C22H27ClN2O5. The zero-order chi connectivity index (χ0) is 21.9. The molecule has 0 aromatic heterocycles. The summed E-state index contributed by atoms with van der Waals surface area (Å²) in [7, 11) is 2.59. The van der Waals surface area contributed by atoms with Gasteiger partial charge < -0.3 is 25.2 Å². The quantitative estimate of drug-likeness (QED) is 0.622. The second-order valence-electron chi connectivity index (χ2n) is 6.69. The van der Waals surface area contributed by atoms with Crippen LogP contribution in [-0.2, 0) is 4.74 Å². The lowest BCUT2D eigenvalue weighted by Crippen LogP contribution is -2.32. The van der Waals surface area contributed by atoms with Crippen LogP contribution in [-0.4, -0.2) is 56.9 Å². The van der Waals surface area contributed by atoms with Crippen molar-refractivity contribution in [2.45, 2.75) is 12.5 Å². The maximum absolute atomic E-state index is 12.2. The van der Waals surface area contributed by atoms with Crippen molar-refractivity contribution in [3.05, 3.63) is 64.7 Å². The van der Waals surface area contributed by atoms with Crippen LogP contribution in [0.1, 0.15) is 27.1 Å². The van der Waals surface area contributed by atoms with Crippen molar-refractivity contribution in [3.63, 3.8) is 0 Å². The number of nitrogens with one attached hydrogen (secondary N) is 2. The van der Waals surface area contributed by atoms with Crippen LogP contribution in [0.2, 0.25) is 5.02 Å². The summed E-state index contributed by atoms with van der Waals surface area (Å²) in [4.78, 5) is 24.4. The van der Waals surface area contributed by atoms with E-state index in [-0.39, 0.29) is 23.8 Å². The number of methoxy groups -OCH3 is 1. The van der Waals surface area contributed by atoms with E-state index in [4.69, 9.17) is 26.2 Å². The van der Waals surface area contributed by atoms with Gasteiger partial charge >= 0.3 is 0 Å². The first kappa shape index (κ1) is 23.7. The van der Waals surface area contributed by atoms with Gasteiger partial charge in [0.05, 0.1) is 30.4 Å². The number of carbonyl (C=O) groups excluding carboxylic acids is 2. The Hall–Kier alpha value is -2.61. The second-order valence-corrected chi connectivity index (χ2v) is 7.09. The number of aliphatic hydroxyl groups is 1. The van der Waals surface area contributed by atoms with Gasteiger partial charge in [-0.15, -0.1) is 0 Å². The monoisotopic (exact) mass is 434 g/mol. The molecule has 2 amide bonds. The Kier molecular flexibility index (Phi) is 9.60. The average molecular weight is 435 g/mol. The minimum atomic E-state index is -0.217. The molecule has 2 aromatic rings. The van der Waals surface area contributed by atoms with Gasteiger partial charge in [0, 0.05) is 31.7 Å². The lowest BCUT2D eigenvalue weighted by molar-refractivity contribution is 0.0843. The van der Waals surface area contributed by atoms with Crippen LogP contribution in [0, 0.1) is 5.92 Å². The zero-order valence-electron chi connectivity index (χ0n) is 17.1. The summed E-state index contributed by atoms with van der Waals surface area (Å²) in [5.74, 6) is 0.579. The molecule has 3 rings (SSSR count). The molecule has 2 aromatic carbocycles. The Morgan fingerprint density at radius 2 is 1.73 bits per heavy atom. The van der Waals surface area contributed by atoms with Crippen molar-refractivity contribution in [2.75, 3.05) is 33.9 Å². The van der Waals surface area contributed by atoms with Crippen LogP contribution >= 0.6 is 11.6 Å². The molecule has 0 spiro atoms. The van der Waals surface area contributed by atoms with E-state index in [0.29, 0.717) is 41.6 Å². The van der Waals surface area contributed by atoms with Crippen molar-refractivity contribution in [1.82, 2.24) is 10.6 Å². The summed E-state index contributed by atoms with van der Waals surface area (Å²) in [6.07, 6.45) is 0.695. The maximum atomic E-state index is 12.2. The molecule has 2 atom stereocenters. The van der Waals surface area contributed by atoms with Gasteiger partial charge in [0.15, 0.2) is 0 Å². The van der Waals surface area contributed by atoms with Gasteiger partial charge in [-0.05, 0) is 42.8 Å². The fraction of sp³-hybridized carbons (Fsp3) is 0.364. The first-order valence-electron chi connectivity index (χ1n) is 9.58. The number of ether oxygens (including phenoxy) is 2. The van der Waals surface area contributed by atoms with Crippen molar-refractivity contribution in [1.29, 1.82) is 0 Å². The van der Waals surface area contributed by atoms with Gasteiger partial charge in [0.2, 0.25) is 0 Å². The van der Waals surface area contributed by atoms with E-state index in [1.54, 1.807) is 55.6 Å². The van der Waals surface area contributed by atoms with Crippen LogP contribution in [0.3, 0.4) is 0 Å². The Labute approximate surface area is 181 Å². The molecule has 2 unspecified atom stereocenters. The van der Waals surface area contributed by atoms with E-state index in [2.05, 4.69) is 10.6 Å². The van der Waals surface area contributed by atoms with Gasteiger partial charge in [0.25, 0.3) is 11.8 Å². The zero-order valence-corrected chi connectivity index (χ0v) is 17.8. The lowest BCUT2D eigenvalue weighted by atomic mass is 10.1. The van der Waals surface area contributed by atoms with Gasteiger partial charge in [-0.3, -0.25) is 9.59 Å². The highest BCUT2D eigenvalue weighted by atomic mass is 35.5. The van der Waals surface area contributed by atoms with Crippen LogP contribution in [0.15, 0.2) is 48.5 Å². The minimum absolute atomic E-state index is 0.0747. The predicted octanol–water partition coefficient (Wildman–Crippen LogP) is 2.52. The number of benzene rings is 2. The molecule has 3 N–H and O–H groups in total. The first-order valence-corrected chi connectivity index (χ1v) is 9.96. The SMILES string of the molecule is CO.COc1ccc(C(=O)NCC2COC(CNC(=O)c3ccccc3Cl)C2)cc1. The van der Waals surface area contributed by atoms with Gasteiger partial charge in [-0.2, -0.15) is 0 Å². The molecule has 0 bridgehead atoms. The van der Waals surface area contributed by atoms with E-state index >= 15 is 0 Å². The van der Waals surface area contributed by atoms with Crippen LogP contribution in [0.4, 0.5) is 0 Å². The number of rotatable bonds is 7. The van der Waals surface area contributed by atoms with E-state index < -0.39 is 0 Å². The molecule has 7 nitrogen and oxygen atoms in total. The molecule has 1 aliphatic heterocycles. The van der Waals surface area contributed by atoms with Crippen LogP contribution < -0.4 is 15.4 Å². The highest BCUT2D eigenvalue weighted by Crippen LogP contribution is 2.20. The molecule has 1 fully saturated rings. The molecule has 1 heterocycles.